The maximum Gasteiger partial charge on any atom is 0.194 e. The normalized spacial score (nSPS) is 12.3. The van der Waals surface area contributed by atoms with Crippen molar-refractivity contribution in [2.24, 2.45) is 4.99 Å². The number of para-hydroxylation sites is 1. The first-order valence-electron chi connectivity index (χ1n) is 9.88. The summed E-state index contributed by atoms with van der Waals surface area (Å²) in [4.78, 5) is 13.4. The molecule has 0 aliphatic carbocycles. The average molecular weight is 549 g/mol. The highest BCUT2D eigenvalue weighted by Gasteiger charge is 2.13. The van der Waals surface area contributed by atoms with Gasteiger partial charge in [-0.15, -0.1) is 35.3 Å². The summed E-state index contributed by atoms with van der Waals surface area (Å²) in [5, 5.41) is 6.37. The molecule has 0 saturated carbocycles. The Bertz CT molecular complexity index is 788. The Kier molecular flexibility index (Phi) is 12.2. The molecule has 9 heteroatoms. The fourth-order valence-electron chi connectivity index (χ4n) is 2.84. The first-order chi connectivity index (χ1) is 14.0. The summed E-state index contributed by atoms with van der Waals surface area (Å²) in [6, 6.07) is 6.84. The monoisotopic (exact) mass is 549 g/mol. The summed E-state index contributed by atoms with van der Waals surface area (Å²) in [5.74, 6) is 0.646. The lowest BCUT2D eigenvalue weighted by Crippen LogP contribution is -2.38. The number of ether oxygens (including phenoxy) is 1. The minimum atomic E-state index is -0.197. The Morgan fingerprint density at radius 3 is 2.73 bits per heavy atom. The van der Waals surface area contributed by atoms with Crippen molar-refractivity contribution in [2.45, 2.75) is 32.9 Å². The van der Waals surface area contributed by atoms with Gasteiger partial charge in [-0.1, -0.05) is 12.1 Å². The van der Waals surface area contributed by atoms with Crippen LogP contribution in [0.15, 0.2) is 34.6 Å². The lowest BCUT2D eigenvalue weighted by Gasteiger charge is -2.22. The number of guanidine groups is 1. The van der Waals surface area contributed by atoms with Crippen molar-refractivity contribution < 1.29 is 9.13 Å². The topological polar surface area (TPSA) is 53.0 Å². The number of thiazole rings is 1. The number of aliphatic imine (C=N–C) groups is 1. The third-order valence-electron chi connectivity index (χ3n) is 4.54. The minimum absolute atomic E-state index is 0. The first-order valence-corrected chi connectivity index (χ1v) is 10.8. The molecule has 0 amide bonds. The zero-order chi connectivity index (χ0) is 21.2. The average Bonchev–Trinajstić information content (AvgIpc) is 3.18. The smallest absolute Gasteiger partial charge is 0.194 e. The largest absolute Gasteiger partial charge is 0.375 e. The van der Waals surface area contributed by atoms with Crippen molar-refractivity contribution in [3.63, 3.8) is 0 Å². The number of anilines is 1. The van der Waals surface area contributed by atoms with E-state index in [1.54, 1.807) is 30.6 Å². The second kappa shape index (κ2) is 13.8. The van der Waals surface area contributed by atoms with E-state index in [4.69, 9.17) is 9.73 Å². The van der Waals surface area contributed by atoms with Crippen molar-refractivity contribution in [3.05, 3.63) is 46.2 Å². The molecule has 2 rings (SSSR count). The number of hydrogen-bond acceptors (Lipinski definition) is 5. The van der Waals surface area contributed by atoms with Crippen LogP contribution in [0.25, 0.3) is 0 Å². The molecule has 1 aromatic carbocycles. The highest BCUT2D eigenvalue weighted by Crippen LogP contribution is 2.21. The Balaban J connectivity index is 0.00000450. The van der Waals surface area contributed by atoms with Gasteiger partial charge in [0.15, 0.2) is 5.96 Å². The summed E-state index contributed by atoms with van der Waals surface area (Å²) >= 11 is 1.61. The number of methoxy groups -OCH3 is 1. The van der Waals surface area contributed by atoms with Gasteiger partial charge >= 0.3 is 0 Å². The van der Waals surface area contributed by atoms with Crippen LogP contribution >= 0.6 is 35.3 Å². The predicted molar refractivity (Wildman–Crippen MR) is 135 cm³/mol. The fraction of sp³-hybridized carbons (Fsp3) is 0.524. The van der Waals surface area contributed by atoms with Crippen LogP contribution < -0.4 is 10.2 Å². The fourth-order valence-corrected chi connectivity index (χ4v) is 3.69. The van der Waals surface area contributed by atoms with Crippen molar-refractivity contribution in [1.82, 2.24) is 15.2 Å². The van der Waals surface area contributed by atoms with Crippen molar-refractivity contribution in [1.29, 1.82) is 0 Å². The third kappa shape index (κ3) is 7.99. The molecule has 0 bridgehead atoms. The van der Waals surface area contributed by atoms with Crippen LogP contribution in [0.3, 0.4) is 0 Å². The van der Waals surface area contributed by atoms with E-state index in [0.717, 1.165) is 36.2 Å². The van der Waals surface area contributed by atoms with Gasteiger partial charge in [0.1, 0.15) is 16.9 Å². The molecule has 168 valence electrons. The molecule has 0 saturated heterocycles. The third-order valence-corrected chi connectivity index (χ3v) is 5.60. The molecule has 1 atom stereocenters. The molecule has 1 aromatic heterocycles. The molecular formula is C21H33FIN5OS. The molecule has 0 aliphatic rings. The van der Waals surface area contributed by atoms with Crippen LogP contribution in [0.4, 0.5) is 10.1 Å². The zero-order valence-electron chi connectivity index (χ0n) is 18.4. The number of aromatic nitrogens is 1. The zero-order valence-corrected chi connectivity index (χ0v) is 21.5. The number of rotatable bonds is 10. The van der Waals surface area contributed by atoms with E-state index in [0.29, 0.717) is 18.8 Å². The Morgan fingerprint density at radius 1 is 1.33 bits per heavy atom. The molecule has 1 N–H and O–H groups in total. The Labute approximate surface area is 200 Å². The van der Waals surface area contributed by atoms with Gasteiger partial charge in [0.05, 0.1) is 17.9 Å². The van der Waals surface area contributed by atoms with Crippen LogP contribution in [-0.2, 0) is 11.3 Å². The van der Waals surface area contributed by atoms with Crippen LogP contribution in [0, 0.1) is 5.82 Å². The van der Waals surface area contributed by atoms with E-state index < -0.39 is 0 Å². The summed E-state index contributed by atoms with van der Waals surface area (Å²) in [6.07, 6.45) is 0.840. The lowest BCUT2D eigenvalue weighted by molar-refractivity contribution is 0.119. The van der Waals surface area contributed by atoms with E-state index in [2.05, 4.69) is 27.5 Å². The van der Waals surface area contributed by atoms with E-state index >= 15 is 0 Å². The molecule has 30 heavy (non-hydrogen) atoms. The van der Waals surface area contributed by atoms with Crippen LogP contribution in [-0.4, -0.2) is 56.7 Å². The van der Waals surface area contributed by atoms with Gasteiger partial charge in [-0.3, -0.25) is 4.99 Å². The van der Waals surface area contributed by atoms with E-state index in [-0.39, 0.29) is 35.9 Å². The molecule has 2 aromatic rings. The molecule has 0 fully saturated rings. The standard InChI is InChI=1S/C21H32FN5OS.HI/c1-6-23-21(27(4)14-17-15-29-20(25-17)16(2)28-5)24-12-9-13-26(3)19-11-8-7-10-18(19)22;/h7-8,10-11,15-16H,6,9,12-14H2,1-5H3,(H,23,24);1H. The summed E-state index contributed by atoms with van der Waals surface area (Å²) in [5.41, 5.74) is 1.62. The number of nitrogens with one attached hydrogen (secondary N) is 1. The summed E-state index contributed by atoms with van der Waals surface area (Å²) in [6.45, 7) is 6.91. The molecule has 6 nitrogen and oxygen atoms in total. The molecule has 0 radical (unpaired) electrons. The second-order valence-corrected chi connectivity index (χ2v) is 7.76. The van der Waals surface area contributed by atoms with Crippen molar-refractivity contribution in [2.75, 3.05) is 45.7 Å². The van der Waals surface area contributed by atoms with Crippen LogP contribution in [0.1, 0.15) is 37.1 Å². The van der Waals surface area contributed by atoms with E-state index in [1.165, 1.54) is 6.07 Å². The Hall–Kier alpha value is -1.46. The van der Waals surface area contributed by atoms with Crippen LogP contribution in [0.5, 0.6) is 0 Å². The van der Waals surface area contributed by atoms with Gasteiger partial charge in [-0.05, 0) is 32.4 Å². The summed E-state index contributed by atoms with van der Waals surface area (Å²) in [7, 11) is 5.60. The predicted octanol–water partition coefficient (Wildman–Crippen LogP) is 4.53. The molecule has 0 spiro atoms. The number of benzene rings is 1. The van der Waals surface area contributed by atoms with Crippen LogP contribution in [0.2, 0.25) is 0 Å². The molecule has 1 heterocycles. The number of hydrogen-bond donors (Lipinski definition) is 1. The van der Waals surface area contributed by atoms with Crippen molar-refractivity contribution in [3.8, 4) is 0 Å². The van der Waals surface area contributed by atoms with Gasteiger partial charge in [0, 0.05) is 46.2 Å². The van der Waals surface area contributed by atoms with Gasteiger partial charge < -0.3 is 19.9 Å². The van der Waals surface area contributed by atoms with Gasteiger partial charge in [-0.25, -0.2) is 9.37 Å². The maximum absolute atomic E-state index is 13.9. The lowest BCUT2D eigenvalue weighted by atomic mass is 10.2. The molecule has 1 unspecified atom stereocenters. The molecule has 0 aliphatic heterocycles. The second-order valence-electron chi connectivity index (χ2n) is 6.87. The van der Waals surface area contributed by atoms with Crippen molar-refractivity contribution >= 4 is 47.0 Å². The van der Waals surface area contributed by atoms with Gasteiger partial charge in [-0.2, -0.15) is 0 Å². The van der Waals surface area contributed by atoms with E-state index in [1.807, 2.05) is 32.0 Å². The maximum atomic E-state index is 13.9. The quantitative estimate of drug-likeness (QED) is 0.204. The SMILES string of the molecule is CCNC(=NCCCN(C)c1ccccc1F)N(C)Cc1csc(C(C)OC)n1.I. The van der Waals surface area contributed by atoms with Gasteiger partial charge in [0.2, 0.25) is 0 Å². The number of halogens is 2. The highest BCUT2D eigenvalue weighted by atomic mass is 127. The minimum Gasteiger partial charge on any atom is -0.375 e. The Morgan fingerprint density at radius 2 is 2.07 bits per heavy atom. The summed E-state index contributed by atoms with van der Waals surface area (Å²) < 4.78 is 19.2. The van der Waals surface area contributed by atoms with E-state index in [9.17, 15) is 4.39 Å². The van der Waals surface area contributed by atoms with Gasteiger partial charge in [0.25, 0.3) is 0 Å². The number of nitrogens with zero attached hydrogens (tertiary/aromatic N) is 4. The molecular weight excluding hydrogens is 516 g/mol. The first kappa shape index (κ1) is 26.6. The highest BCUT2D eigenvalue weighted by molar-refractivity contribution is 14.0.